The highest BCUT2D eigenvalue weighted by Gasteiger charge is 2.24. The maximum atomic E-state index is 12.2. The van der Waals surface area contributed by atoms with Crippen LogP contribution in [0.25, 0.3) is 0 Å². The van der Waals surface area contributed by atoms with E-state index in [2.05, 4.69) is 5.32 Å². The maximum absolute atomic E-state index is 12.2. The average molecular weight is 352 g/mol. The molecule has 0 unspecified atom stereocenters. The second kappa shape index (κ2) is 7.99. The number of rotatable bonds is 6. The zero-order chi connectivity index (χ0) is 18.4. The molecule has 1 aliphatic rings. The van der Waals surface area contributed by atoms with Crippen molar-refractivity contribution in [3.8, 4) is 5.75 Å². The molecule has 0 aromatic heterocycles. The molecular weight excluding hydrogens is 336 g/mol. The lowest BCUT2D eigenvalue weighted by molar-refractivity contribution is -0.384. The zero-order valence-electron chi connectivity index (χ0n) is 13.5. The van der Waals surface area contributed by atoms with E-state index in [1.54, 1.807) is 0 Å². The first-order valence-electron chi connectivity index (χ1n) is 7.21. The molecule has 1 aromatic carbocycles. The Balaban J connectivity index is 2.05. The Hall–Kier alpha value is -3.30. The second-order valence-corrected chi connectivity index (χ2v) is 4.88. The van der Waals surface area contributed by atoms with Crippen molar-refractivity contribution in [3.05, 3.63) is 40.3 Å². The van der Waals surface area contributed by atoms with Crippen LogP contribution in [0.3, 0.4) is 0 Å². The van der Waals surface area contributed by atoms with E-state index >= 15 is 0 Å². The van der Waals surface area contributed by atoms with Crippen LogP contribution >= 0.6 is 0 Å². The number of anilines is 1. The maximum Gasteiger partial charge on any atom is 0.377 e. The molecule has 0 saturated heterocycles. The van der Waals surface area contributed by atoms with Gasteiger partial charge in [0.2, 0.25) is 5.76 Å². The van der Waals surface area contributed by atoms with E-state index in [9.17, 15) is 19.7 Å². The predicted molar refractivity (Wildman–Crippen MR) is 83.8 cm³/mol. The zero-order valence-corrected chi connectivity index (χ0v) is 13.5. The molecule has 1 amide bonds. The van der Waals surface area contributed by atoms with Gasteiger partial charge in [0.15, 0.2) is 6.10 Å². The van der Waals surface area contributed by atoms with Gasteiger partial charge < -0.3 is 24.3 Å². The van der Waals surface area contributed by atoms with E-state index in [4.69, 9.17) is 18.9 Å². The molecule has 25 heavy (non-hydrogen) atoms. The van der Waals surface area contributed by atoms with Crippen LogP contribution in [0.2, 0.25) is 0 Å². The highest BCUT2D eigenvalue weighted by atomic mass is 16.6. The molecule has 0 saturated carbocycles. The lowest BCUT2D eigenvalue weighted by Crippen LogP contribution is -2.31. The Kier molecular flexibility index (Phi) is 5.77. The first kappa shape index (κ1) is 18.0. The van der Waals surface area contributed by atoms with Crippen LogP contribution in [0.4, 0.5) is 11.4 Å². The summed E-state index contributed by atoms with van der Waals surface area (Å²) in [6.45, 7) is 1.87. The Bertz CT molecular complexity index is 715. The summed E-state index contributed by atoms with van der Waals surface area (Å²) in [7, 11) is 1.35. The van der Waals surface area contributed by atoms with E-state index in [-0.39, 0.29) is 29.5 Å². The number of esters is 1. The molecule has 10 heteroatoms. The van der Waals surface area contributed by atoms with Crippen molar-refractivity contribution in [1.29, 1.82) is 0 Å². The number of carbonyl (C=O) groups is 2. The van der Waals surface area contributed by atoms with Crippen LogP contribution in [-0.4, -0.2) is 43.2 Å². The van der Waals surface area contributed by atoms with Crippen LogP contribution in [0.5, 0.6) is 5.75 Å². The first-order chi connectivity index (χ1) is 11.9. The second-order valence-electron chi connectivity index (χ2n) is 4.88. The third-order valence-electron chi connectivity index (χ3n) is 3.16. The molecule has 0 fully saturated rings. The number of amides is 1. The molecule has 0 bridgehead atoms. The largest absolute Gasteiger partial charge is 0.495 e. The van der Waals surface area contributed by atoms with Gasteiger partial charge in [-0.25, -0.2) is 4.79 Å². The minimum absolute atomic E-state index is 0.0843. The normalized spacial score (nSPS) is 14.2. The quantitative estimate of drug-likeness (QED) is 0.462. The fourth-order valence-electron chi connectivity index (χ4n) is 1.89. The lowest BCUT2D eigenvalue weighted by Gasteiger charge is -2.18. The van der Waals surface area contributed by atoms with E-state index in [0.29, 0.717) is 6.61 Å². The molecule has 0 spiro atoms. The highest BCUT2D eigenvalue weighted by molar-refractivity contribution is 5.97. The number of ether oxygens (including phenoxy) is 4. The van der Waals surface area contributed by atoms with Gasteiger partial charge in [-0.05, 0) is 13.0 Å². The topological polar surface area (TPSA) is 126 Å². The number of nitro benzene ring substituents is 1. The third kappa shape index (κ3) is 4.59. The number of carbonyl (C=O) groups excluding carboxylic acids is 2. The highest BCUT2D eigenvalue weighted by Crippen LogP contribution is 2.29. The standard InChI is InChI=1S/C15H16N2O8/c1-9(25-15(19)13-8-23-5-6-24-13)14(18)16-11-7-10(17(20)21)3-4-12(11)22-2/h3-4,7-9H,5-6H2,1-2H3,(H,16,18)/t9-/m0/s1. The van der Waals surface area contributed by atoms with Gasteiger partial charge in [0.1, 0.15) is 25.2 Å². The molecule has 1 N–H and O–H groups in total. The number of non-ortho nitro benzene ring substituents is 1. The van der Waals surface area contributed by atoms with Crippen LogP contribution in [-0.2, 0) is 23.8 Å². The Labute approximate surface area is 142 Å². The van der Waals surface area contributed by atoms with Crippen molar-refractivity contribution in [3.63, 3.8) is 0 Å². The van der Waals surface area contributed by atoms with Crippen LogP contribution in [0.15, 0.2) is 30.2 Å². The average Bonchev–Trinajstić information content (AvgIpc) is 2.62. The number of methoxy groups -OCH3 is 1. The summed E-state index contributed by atoms with van der Waals surface area (Å²) in [5, 5.41) is 13.3. The van der Waals surface area contributed by atoms with Gasteiger partial charge >= 0.3 is 5.97 Å². The molecule has 1 aromatic rings. The molecule has 0 aliphatic carbocycles. The predicted octanol–water partition coefficient (Wildman–Crippen LogP) is 1.36. The fourth-order valence-corrected chi connectivity index (χ4v) is 1.89. The van der Waals surface area contributed by atoms with E-state index in [0.717, 1.165) is 12.3 Å². The summed E-state index contributed by atoms with van der Waals surface area (Å²) in [5.74, 6) is -1.46. The van der Waals surface area contributed by atoms with Gasteiger partial charge in [-0.15, -0.1) is 0 Å². The third-order valence-corrected chi connectivity index (χ3v) is 3.16. The van der Waals surface area contributed by atoms with Gasteiger partial charge in [0.05, 0.1) is 17.7 Å². The molecular formula is C15H16N2O8. The van der Waals surface area contributed by atoms with Gasteiger partial charge in [-0.3, -0.25) is 14.9 Å². The van der Waals surface area contributed by atoms with Crippen molar-refractivity contribution in [2.24, 2.45) is 0 Å². The van der Waals surface area contributed by atoms with Gasteiger partial charge in [-0.2, -0.15) is 0 Å². The SMILES string of the molecule is COc1ccc([N+](=O)[O-])cc1NC(=O)[C@H](C)OC(=O)C1=COCCO1. The summed E-state index contributed by atoms with van der Waals surface area (Å²) in [6, 6.07) is 3.74. The summed E-state index contributed by atoms with van der Waals surface area (Å²) in [4.78, 5) is 34.3. The molecule has 2 rings (SSSR count). The summed E-state index contributed by atoms with van der Waals surface area (Å²) in [5.41, 5.74) is -0.139. The van der Waals surface area contributed by atoms with Crippen LogP contribution < -0.4 is 10.1 Å². The molecule has 1 heterocycles. The summed E-state index contributed by atoms with van der Waals surface area (Å²) >= 11 is 0. The van der Waals surface area contributed by atoms with Crippen molar-refractivity contribution in [1.82, 2.24) is 0 Å². The van der Waals surface area contributed by atoms with Gasteiger partial charge in [-0.1, -0.05) is 0 Å². The molecule has 1 atom stereocenters. The van der Waals surface area contributed by atoms with E-state index < -0.39 is 22.9 Å². The Morgan fingerprint density at radius 1 is 1.36 bits per heavy atom. The van der Waals surface area contributed by atoms with Gasteiger partial charge in [0.25, 0.3) is 11.6 Å². The van der Waals surface area contributed by atoms with Crippen LogP contribution in [0.1, 0.15) is 6.92 Å². The summed E-state index contributed by atoms with van der Waals surface area (Å²) in [6.07, 6.45) is -0.0667. The number of nitrogens with one attached hydrogen (secondary N) is 1. The number of hydrogen-bond acceptors (Lipinski definition) is 8. The number of nitrogens with zero attached hydrogens (tertiary/aromatic N) is 1. The number of benzene rings is 1. The van der Waals surface area contributed by atoms with Crippen molar-refractivity contribution in [2.45, 2.75) is 13.0 Å². The first-order valence-corrected chi connectivity index (χ1v) is 7.21. The lowest BCUT2D eigenvalue weighted by atomic mass is 10.2. The molecule has 10 nitrogen and oxygen atoms in total. The molecule has 0 radical (unpaired) electrons. The van der Waals surface area contributed by atoms with Crippen molar-refractivity contribution < 1.29 is 33.5 Å². The van der Waals surface area contributed by atoms with Crippen molar-refractivity contribution >= 4 is 23.3 Å². The van der Waals surface area contributed by atoms with Gasteiger partial charge in [0, 0.05) is 12.1 Å². The minimum atomic E-state index is -1.18. The smallest absolute Gasteiger partial charge is 0.377 e. The summed E-state index contributed by atoms with van der Waals surface area (Å²) < 4.78 is 20.0. The van der Waals surface area contributed by atoms with Crippen LogP contribution in [0, 0.1) is 10.1 Å². The number of nitro groups is 1. The number of hydrogen-bond donors (Lipinski definition) is 1. The van der Waals surface area contributed by atoms with E-state index in [1.807, 2.05) is 0 Å². The molecule has 1 aliphatic heterocycles. The van der Waals surface area contributed by atoms with Crippen molar-refractivity contribution in [2.75, 3.05) is 25.6 Å². The molecule has 134 valence electrons. The monoisotopic (exact) mass is 352 g/mol. The Morgan fingerprint density at radius 3 is 2.72 bits per heavy atom. The minimum Gasteiger partial charge on any atom is -0.495 e. The van der Waals surface area contributed by atoms with E-state index in [1.165, 1.54) is 26.2 Å². The fraction of sp³-hybridized carbons (Fsp3) is 0.333. The Morgan fingerprint density at radius 2 is 2.12 bits per heavy atom.